The molecule has 4 amide bonds. The predicted molar refractivity (Wildman–Crippen MR) is 103 cm³/mol. The first kappa shape index (κ1) is 18.7. The number of methoxy groups -OCH3 is 1. The lowest BCUT2D eigenvalue weighted by Crippen LogP contribution is -2.52. The molecular weight excluding hydrogens is 374 g/mol. The van der Waals surface area contributed by atoms with Crippen LogP contribution in [0.15, 0.2) is 42.5 Å². The molecule has 8 nitrogen and oxygen atoms in total. The molecule has 2 aliphatic heterocycles. The van der Waals surface area contributed by atoms with Gasteiger partial charge in [0.15, 0.2) is 0 Å². The third kappa shape index (κ3) is 3.44. The Morgan fingerprint density at radius 1 is 1.17 bits per heavy atom. The second-order valence-electron chi connectivity index (χ2n) is 6.93. The number of imide groups is 1. The number of ether oxygens (including phenoxy) is 1. The number of anilines is 1. The minimum Gasteiger partial charge on any atom is -0.495 e. The Kier molecular flexibility index (Phi) is 4.75. The molecule has 1 saturated heterocycles. The van der Waals surface area contributed by atoms with Crippen LogP contribution in [0, 0.1) is 0 Å². The summed E-state index contributed by atoms with van der Waals surface area (Å²) in [5, 5.41) is 5.08. The van der Waals surface area contributed by atoms with Crippen LogP contribution in [-0.4, -0.2) is 41.7 Å². The quantitative estimate of drug-likeness (QED) is 0.770. The van der Waals surface area contributed by atoms with Crippen LogP contribution in [0.5, 0.6) is 5.75 Å². The number of nitrogens with zero attached hydrogens (tertiary/aromatic N) is 1. The van der Waals surface area contributed by atoms with Crippen LogP contribution < -0.4 is 15.4 Å². The fourth-order valence-electron chi connectivity index (χ4n) is 3.66. The Morgan fingerprint density at radius 2 is 1.97 bits per heavy atom. The van der Waals surface area contributed by atoms with Gasteiger partial charge >= 0.3 is 0 Å². The van der Waals surface area contributed by atoms with Crippen LogP contribution in [0.4, 0.5) is 5.69 Å². The van der Waals surface area contributed by atoms with Crippen molar-refractivity contribution in [2.45, 2.75) is 25.4 Å². The Labute approximate surface area is 166 Å². The maximum Gasteiger partial charge on any atom is 0.255 e. The maximum atomic E-state index is 12.7. The van der Waals surface area contributed by atoms with E-state index in [-0.39, 0.29) is 30.7 Å². The van der Waals surface area contributed by atoms with Crippen molar-refractivity contribution in [2.75, 3.05) is 12.4 Å². The van der Waals surface area contributed by atoms with E-state index in [0.717, 1.165) is 0 Å². The van der Waals surface area contributed by atoms with E-state index in [2.05, 4.69) is 10.6 Å². The van der Waals surface area contributed by atoms with Gasteiger partial charge in [0.1, 0.15) is 11.8 Å². The van der Waals surface area contributed by atoms with Gasteiger partial charge in [-0.15, -0.1) is 0 Å². The molecule has 0 aliphatic carbocycles. The summed E-state index contributed by atoms with van der Waals surface area (Å²) in [5.41, 5.74) is 2.07. The minimum absolute atomic E-state index is 0.198. The number of piperidine rings is 1. The largest absolute Gasteiger partial charge is 0.495 e. The van der Waals surface area contributed by atoms with E-state index in [4.69, 9.17) is 4.74 Å². The molecule has 8 heteroatoms. The van der Waals surface area contributed by atoms with Gasteiger partial charge in [0.05, 0.1) is 12.8 Å². The monoisotopic (exact) mass is 393 g/mol. The molecule has 0 bridgehead atoms. The number of nitrogens with one attached hydrogen (secondary N) is 2. The lowest BCUT2D eigenvalue weighted by atomic mass is 10.0. The molecule has 0 aromatic heterocycles. The highest BCUT2D eigenvalue weighted by Crippen LogP contribution is 2.29. The Bertz CT molecular complexity index is 1030. The summed E-state index contributed by atoms with van der Waals surface area (Å²) < 4.78 is 5.24. The van der Waals surface area contributed by atoms with Crippen molar-refractivity contribution in [3.8, 4) is 5.75 Å². The normalized spacial score (nSPS) is 18.3. The smallest absolute Gasteiger partial charge is 0.255 e. The Balaban J connectivity index is 1.53. The molecule has 1 fully saturated rings. The predicted octanol–water partition coefficient (Wildman–Crippen LogP) is 1.71. The number of carbonyl (C=O) groups is 4. The number of hydrogen-bond donors (Lipinski definition) is 2. The number of hydrogen-bond acceptors (Lipinski definition) is 5. The second-order valence-corrected chi connectivity index (χ2v) is 6.93. The van der Waals surface area contributed by atoms with Crippen LogP contribution in [0.2, 0.25) is 0 Å². The fraction of sp³-hybridized carbons (Fsp3) is 0.238. The number of carbonyl (C=O) groups excluding carboxylic acids is 4. The van der Waals surface area contributed by atoms with Gasteiger partial charge in [0.25, 0.3) is 11.8 Å². The summed E-state index contributed by atoms with van der Waals surface area (Å²) in [6, 6.07) is 11.2. The molecule has 0 radical (unpaired) electrons. The third-order valence-electron chi connectivity index (χ3n) is 5.14. The molecule has 0 spiro atoms. The highest BCUT2D eigenvalue weighted by atomic mass is 16.5. The topological polar surface area (TPSA) is 105 Å². The zero-order valence-electron chi connectivity index (χ0n) is 15.7. The van der Waals surface area contributed by atoms with Gasteiger partial charge < -0.3 is 15.0 Å². The lowest BCUT2D eigenvalue weighted by molar-refractivity contribution is -0.136. The summed E-state index contributed by atoms with van der Waals surface area (Å²) in [6.45, 7) is 0.218. The van der Waals surface area contributed by atoms with Crippen molar-refractivity contribution in [1.29, 1.82) is 0 Å². The molecule has 2 aliphatic rings. The summed E-state index contributed by atoms with van der Waals surface area (Å²) >= 11 is 0. The first-order chi connectivity index (χ1) is 14.0. The number of amides is 4. The van der Waals surface area contributed by atoms with Crippen LogP contribution in [-0.2, 0) is 16.1 Å². The maximum absolute atomic E-state index is 12.7. The molecule has 4 rings (SSSR count). The van der Waals surface area contributed by atoms with E-state index in [9.17, 15) is 19.2 Å². The van der Waals surface area contributed by atoms with Crippen LogP contribution in [0.3, 0.4) is 0 Å². The van der Waals surface area contributed by atoms with E-state index in [1.54, 1.807) is 42.5 Å². The van der Waals surface area contributed by atoms with E-state index < -0.39 is 11.9 Å². The molecule has 2 aromatic rings. The molecule has 2 N–H and O–H groups in total. The Morgan fingerprint density at radius 3 is 2.72 bits per heavy atom. The molecule has 1 unspecified atom stereocenters. The number of para-hydroxylation sites is 2. The second kappa shape index (κ2) is 7.38. The van der Waals surface area contributed by atoms with Crippen molar-refractivity contribution in [2.24, 2.45) is 0 Å². The lowest BCUT2D eigenvalue weighted by Gasteiger charge is -2.29. The van der Waals surface area contributed by atoms with Gasteiger partial charge in [-0.05, 0) is 42.3 Å². The number of benzene rings is 2. The van der Waals surface area contributed by atoms with Gasteiger partial charge in [-0.25, -0.2) is 0 Å². The molecule has 2 aromatic carbocycles. The van der Waals surface area contributed by atoms with Gasteiger partial charge in [0.2, 0.25) is 11.8 Å². The molecule has 2 heterocycles. The van der Waals surface area contributed by atoms with Crippen molar-refractivity contribution < 1.29 is 23.9 Å². The minimum atomic E-state index is -0.682. The van der Waals surface area contributed by atoms with Crippen molar-refractivity contribution >= 4 is 29.3 Å². The number of rotatable bonds is 4. The molecule has 0 saturated carbocycles. The fourth-order valence-corrected chi connectivity index (χ4v) is 3.66. The van der Waals surface area contributed by atoms with Gasteiger partial charge in [-0.1, -0.05) is 12.1 Å². The molecule has 148 valence electrons. The zero-order chi connectivity index (χ0) is 20.5. The van der Waals surface area contributed by atoms with Gasteiger partial charge in [-0.2, -0.15) is 0 Å². The summed E-state index contributed by atoms with van der Waals surface area (Å²) in [7, 11) is 1.52. The first-order valence-corrected chi connectivity index (χ1v) is 9.20. The number of fused-ring (bicyclic) bond motifs is 1. The first-order valence-electron chi connectivity index (χ1n) is 9.20. The summed E-state index contributed by atoms with van der Waals surface area (Å²) in [5.74, 6) is -0.848. The Hall–Kier alpha value is -3.68. The van der Waals surface area contributed by atoms with E-state index >= 15 is 0 Å². The van der Waals surface area contributed by atoms with Gasteiger partial charge in [0, 0.05) is 24.1 Å². The van der Waals surface area contributed by atoms with Crippen molar-refractivity contribution in [3.63, 3.8) is 0 Å². The van der Waals surface area contributed by atoms with E-state index in [0.29, 0.717) is 34.5 Å². The molecule has 29 heavy (non-hydrogen) atoms. The SMILES string of the molecule is COc1ccccc1NC(=O)c1ccc2c(c1)CN(C1CCC(=O)NC1=O)C2=O. The standard InChI is InChI=1S/C21H19N3O5/c1-29-17-5-3-2-4-15(17)22-19(26)12-6-7-14-13(10-12)11-24(21(14)28)16-8-9-18(25)23-20(16)27/h2-7,10,16H,8-9,11H2,1H3,(H,22,26)(H,23,25,27). The van der Waals surface area contributed by atoms with E-state index in [1.807, 2.05) is 0 Å². The van der Waals surface area contributed by atoms with Gasteiger partial charge in [-0.3, -0.25) is 24.5 Å². The molecular formula is C21H19N3O5. The average Bonchev–Trinajstić information content (AvgIpc) is 3.04. The highest BCUT2D eigenvalue weighted by molar-refractivity contribution is 6.08. The van der Waals surface area contributed by atoms with Crippen molar-refractivity contribution in [1.82, 2.24) is 10.2 Å². The highest BCUT2D eigenvalue weighted by Gasteiger charge is 2.39. The zero-order valence-corrected chi connectivity index (χ0v) is 15.7. The van der Waals surface area contributed by atoms with Crippen LogP contribution in [0.1, 0.15) is 39.1 Å². The van der Waals surface area contributed by atoms with E-state index in [1.165, 1.54) is 12.0 Å². The summed E-state index contributed by atoms with van der Waals surface area (Å²) in [6.07, 6.45) is 0.495. The van der Waals surface area contributed by atoms with Crippen LogP contribution in [0.25, 0.3) is 0 Å². The third-order valence-corrected chi connectivity index (χ3v) is 5.14. The van der Waals surface area contributed by atoms with Crippen molar-refractivity contribution in [3.05, 3.63) is 59.2 Å². The van der Waals surface area contributed by atoms with Crippen LogP contribution >= 0.6 is 0 Å². The summed E-state index contributed by atoms with van der Waals surface area (Å²) in [4.78, 5) is 50.3. The molecule has 1 atom stereocenters. The average molecular weight is 393 g/mol.